The SMILES string of the molecule is CCC(C)(CC)C1=CC(C)C=C1. The molecule has 0 aromatic carbocycles. The third kappa shape index (κ3) is 1.63. The van der Waals surface area contributed by atoms with E-state index in [9.17, 15) is 0 Å². The molecule has 0 saturated carbocycles. The van der Waals surface area contributed by atoms with E-state index in [0.29, 0.717) is 11.3 Å². The minimum atomic E-state index is 0.418. The van der Waals surface area contributed by atoms with E-state index in [1.165, 1.54) is 12.8 Å². The molecule has 0 heteroatoms. The van der Waals surface area contributed by atoms with Crippen molar-refractivity contribution in [1.29, 1.82) is 0 Å². The van der Waals surface area contributed by atoms with Gasteiger partial charge in [-0.2, -0.15) is 0 Å². The number of allylic oxidation sites excluding steroid dienone is 4. The summed E-state index contributed by atoms with van der Waals surface area (Å²) in [6.45, 7) is 9.17. The highest BCUT2D eigenvalue weighted by atomic mass is 14.3. The molecule has 1 aliphatic carbocycles. The molecule has 0 aliphatic heterocycles. The smallest absolute Gasteiger partial charge is 0.00726 e. The first kappa shape index (κ1) is 9.57. The molecule has 1 atom stereocenters. The van der Waals surface area contributed by atoms with Crippen LogP contribution in [0.2, 0.25) is 0 Å². The maximum absolute atomic E-state index is 2.40. The predicted molar refractivity (Wildman–Crippen MR) is 55.1 cm³/mol. The fourth-order valence-electron chi connectivity index (χ4n) is 1.71. The Balaban J connectivity index is 2.81. The van der Waals surface area contributed by atoms with E-state index >= 15 is 0 Å². The summed E-state index contributed by atoms with van der Waals surface area (Å²) in [5, 5.41) is 0. The number of hydrogen-bond acceptors (Lipinski definition) is 0. The lowest BCUT2D eigenvalue weighted by atomic mass is 9.78. The molecule has 0 spiro atoms. The first-order valence-electron chi connectivity index (χ1n) is 5.03. The molecular formula is C12H20. The second kappa shape index (κ2) is 3.47. The van der Waals surface area contributed by atoms with Gasteiger partial charge in [-0.15, -0.1) is 0 Å². The lowest BCUT2D eigenvalue weighted by Gasteiger charge is -2.27. The highest BCUT2D eigenvalue weighted by Crippen LogP contribution is 2.38. The van der Waals surface area contributed by atoms with Gasteiger partial charge in [-0.1, -0.05) is 45.9 Å². The molecule has 0 aromatic heterocycles. The predicted octanol–water partition coefficient (Wildman–Crippen LogP) is 3.95. The van der Waals surface area contributed by atoms with Gasteiger partial charge in [0.25, 0.3) is 0 Å². The molecular weight excluding hydrogens is 144 g/mol. The van der Waals surface area contributed by atoms with Crippen LogP contribution in [0.3, 0.4) is 0 Å². The van der Waals surface area contributed by atoms with Crippen molar-refractivity contribution >= 4 is 0 Å². The van der Waals surface area contributed by atoms with Gasteiger partial charge in [0.15, 0.2) is 0 Å². The van der Waals surface area contributed by atoms with E-state index < -0.39 is 0 Å². The number of hydrogen-bond donors (Lipinski definition) is 0. The van der Waals surface area contributed by atoms with Crippen LogP contribution in [-0.4, -0.2) is 0 Å². The Morgan fingerprint density at radius 2 is 1.92 bits per heavy atom. The maximum atomic E-state index is 2.40. The Hall–Kier alpha value is -0.520. The molecule has 0 fully saturated rings. The number of rotatable bonds is 3. The van der Waals surface area contributed by atoms with Crippen LogP contribution in [0.4, 0.5) is 0 Å². The van der Waals surface area contributed by atoms with Crippen LogP contribution in [0, 0.1) is 11.3 Å². The van der Waals surface area contributed by atoms with Gasteiger partial charge in [-0.25, -0.2) is 0 Å². The summed E-state index contributed by atoms with van der Waals surface area (Å²) in [4.78, 5) is 0. The van der Waals surface area contributed by atoms with Gasteiger partial charge in [-0.3, -0.25) is 0 Å². The molecule has 1 rings (SSSR count). The average Bonchev–Trinajstić information content (AvgIpc) is 2.51. The molecule has 0 heterocycles. The van der Waals surface area contributed by atoms with Crippen LogP contribution < -0.4 is 0 Å². The maximum Gasteiger partial charge on any atom is -0.00726 e. The highest BCUT2D eigenvalue weighted by Gasteiger charge is 2.25. The molecule has 12 heavy (non-hydrogen) atoms. The molecule has 68 valence electrons. The van der Waals surface area contributed by atoms with E-state index in [1.54, 1.807) is 5.57 Å². The summed E-state index contributed by atoms with van der Waals surface area (Å²) in [6, 6.07) is 0. The summed E-state index contributed by atoms with van der Waals surface area (Å²) in [5.74, 6) is 0.650. The zero-order chi connectivity index (χ0) is 9.19. The lowest BCUT2D eigenvalue weighted by Crippen LogP contribution is -2.15. The first-order chi connectivity index (χ1) is 5.62. The van der Waals surface area contributed by atoms with Crippen molar-refractivity contribution in [2.24, 2.45) is 11.3 Å². The normalized spacial score (nSPS) is 23.0. The van der Waals surface area contributed by atoms with E-state index in [0.717, 1.165) is 0 Å². The molecule has 1 aliphatic rings. The first-order valence-corrected chi connectivity index (χ1v) is 5.03. The van der Waals surface area contributed by atoms with Gasteiger partial charge in [-0.05, 0) is 29.7 Å². The Kier molecular flexibility index (Phi) is 2.76. The Morgan fingerprint density at radius 1 is 1.33 bits per heavy atom. The third-order valence-electron chi connectivity index (χ3n) is 3.28. The highest BCUT2D eigenvalue weighted by molar-refractivity contribution is 5.33. The zero-order valence-electron chi connectivity index (χ0n) is 8.72. The van der Waals surface area contributed by atoms with E-state index in [4.69, 9.17) is 0 Å². The summed E-state index contributed by atoms with van der Waals surface area (Å²) in [6.07, 6.45) is 9.47. The van der Waals surface area contributed by atoms with Gasteiger partial charge >= 0.3 is 0 Å². The second-order valence-corrected chi connectivity index (χ2v) is 4.11. The Bertz CT molecular complexity index is 204. The van der Waals surface area contributed by atoms with Crippen molar-refractivity contribution in [3.05, 3.63) is 23.8 Å². The fraction of sp³-hybridized carbons (Fsp3) is 0.667. The largest absolute Gasteiger partial charge is 0.0776 e. The van der Waals surface area contributed by atoms with E-state index in [1.807, 2.05) is 0 Å². The standard InChI is InChI=1S/C12H20/c1-5-12(4,6-2)11-8-7-10(3)9-11/h7-10H,5-6H2,1-4H3. The Morgan fingerprint density at radius 3 is 2.25 bits per heavy atom. The van der Waals surface area contributed by atoms with Crippen molar-refractivity contribution in [3.8, 4) is 0 Å². The topological polar surface area (TPSA) is 0 Å². The van der Waals surface area contributed by atoms with Crippen molar-refractivity contribution in [2.45, 2.75) is 40.5 Å². The third-order valence-corrected chi connectivity index (χ3v) is 3.28. The Labute approximate surface area is 76.4 Å². The average molecular weight is 164 g/mol. The van der Waals surface area contributed by atoms with Crippen LogP contribution in [0.25, 0.3) is 0 Å². The minimum Gasteiger partial charge on any atom is -0.0776 e. The van der Waals surface area contributed by atoms with Gasteiger partial charge in [0.2, 0.25) is 0 Å². The van der Waals surface area contributed by atoms with E-state index in [-0.39, 0.29) is 0 Å². The molecule has 1 unspecified atom stereocenters. The molecule has 0 nitrogen and oxygen atoms in total. The summed E-state index contributed by atoms with van der Waals surface area (Å²) in [7, 11) is 0. The second-order valence-electron chi connectivity index (χ2n) is 4.11. The van der Waals surface area contributed by atoms with Gasteiger partial charge in [0, 0.05) is 0 Å². The molecule has 0 saturated heterocycles. The molecule has 0 N–H and O–H groups in total. The van der Waals surface area contributed by atoms with Crippen LogP contribution in [0.15, 0.2) is 23.8 Å². The van der Waals surface area contributed by atoms with Crippen LogP contribution in [0.5, 0.6) is 0 Å². The fourth-order valence-corrected chi connectivity index (χ4v) is 1.71. The van der Waals surface area contributed by atoms with Crippen molar-refractivity contribution in [2.75, 3.05) is 0 Å². The monoisotopic (exact) mass is 164 g/mol. The van der Waals surface area contributed by atoms with E-state index in [2.05, 4.69) is 45.9 Å². The summed E-state index contributed by atoms with van der Waals surface area (Å²) < 4.78 is 0. The molecule has 0 radical (unpaired) electrons. The molecule has 0 bridgehead atoms. The molecule has 0 amide bonds. The van der Waals surface area contributed by atoms with Crippen molar-refractivity contribution in [3.63, 3.8) is 0 Å². The van der Waals surface area contributed by atoms with Crippen molar-refractivity contribution < 1.29 is 0 Å². The van der Waals surface area contributed by atoms with Crippen LogP contribution >= 0.6 is 0 Å². The summed E-state index contributed by atoms with van der Waals surface area (Å²) in [5.41, 5.74) is 1.96. The quantitative estimate of drug-likeness (QED) is 0.592. The molecule has 0 aromatic rings. The van der Waals surface area contributed by atoms with Gasteiger partial charge < -0.3 is 0 Å². The lowest BCUT2D eigenvalue weighted by molar-refractivity contribution is 0.376. The zero-order valence-corrected chi connectivity index (χ0v) is 8.72. The minimum absolute atomic E-state index is 0.418. The van der Waals surface area contributed by atoms with Crippen LogP contribution in [-0.2, 0) is 0 Å². The van der Waals surface area contributed by atoms with Gasteiger partial charge in [0.1, 0.15) is 0 Å². The van der Waals surface area contributed by atoms with Crippen molar-refractivity contribution in [1.82, 2.24) is 0 Å². The van der Waals surface area contributed by atoms with Crippen LogP contribution in [0.1, 0.15) is 40.5 Å². The summed E-state index contributed by atoms with van der Waals surface area (Å²) >= 11 is 0. The van der Waals surface area contributed by atoms with Gasteiger partial charge in [0.05, 0.1) is 0 Å².